The summed E-state index contributed by atoms with van der Waals surface area (Å²) in [6, 6.07) is 12.7. The van der Waals surface area contributed by atoms with Crippen LogP contribution in [0.15, 0.2) is 65.0 Å². The van der Waals surface area contributed by atoms with E-state index in [0.29, 0.717) is 39.4 Å². The first-order valence-corrected chi connectivity index (χ1v) is 10.8. The van der Waals surface area contributed by atoms with Crippen molar-refractivity contribution in [2.75, 3.05) is 23.5 Å². The molecule has 2 aromatic carbocycles. The lowest BCUT2D eigenvalue weighted by Crippen LogP contribution is -2.32. The largest absolute Gasteiger partial charge is 0.495 e. The number of carbonyl (C=O) groups excluding carboxylic acids is 1. The van der Waals surface area contributed by atoms with E-state index in [0.717, 1.165) is 5.75 Å². The van der Waals surface area contributed by atoms with E-state index in [4.69, 9.17) is 4.74 Å². The summed E-state index contributed by atoms with van der Waals surface area (Å²) in [4.78, 5) is 17.9. The lowest BCUT2D eigenvalue weighted by Gasteiger charge is -2.29. The maximum absolute atomic E-state index is 14.9. The Labute approximate surface area is 183 Å². The summed E-state index contributed by atoms with van der Waals surface area (Å²) in [7, 11) is 1.54. The van der Waals surface area contributed by atoms with Crippen LogP contribution < -0.4 is 15.4 Å². The number of hydrogen-bond acceptors (Lipinski definition) is 6. The Morgan fingerprint density at radius 1 is 1.26 bits per heavy atom. The molecule has 1 aliphatic rings. The van der Waals surface area contributed by atoms with Crippen LogP contribution >= 0.6 is 11.8 Å². The number of benzene rings is 2. The fraction of sp³-hybridized carbons (Fsp3) is 0.227. The van der Waals surface area contributed by atoms with Crippen molar-refractivity contribution in [2.45, 2.75) is 25.0 Å². The molecule has 0 bridgehead atoms. The summed E-state index contributed by atoms with van der Waals surface area (Å²) in [6.45, 7) is 3.78. The molecule has 160 valence electrons. The van der Waals surface area contributed by atoms with Crippen LogP contribution in [-0.4, -0.2) is 33.5 Å². The molecule has 0 saturated carbocycles. The van der Waals surface area contributed by atoms with Gasteiger partial charge in [-0.1, -0.05) is 49.0 Å². The highest BCUT2D eigenvalue weighted by molar-refractivity contribution is 7.99. The second-order valence-electron chi connectivity index (χ2n) is 6.84. The molecule has 0 spiro atoms. The number of hydrogen-bond donors (Lipinski definition) is 2. The van der Waals surface area contributed by atoms with Crippen molar-refractivity contribution in [3.63, 3.8) is 0 Å². The number of amides is 1. The first-order chi connectivity index (χ1) is 15.0. The normalized spacial score (nSPS) is 15.3. The molecular weight excluding hydrogens is 417 g/mol. The van der Waals surface area contributed by atoms with Crippen molar-refractivity contribution in [1.29, 1.82) is 0 Å². The molecule has 0 unspecified atom stereocenters. The summed E-state index contributed by atoms with van der Waals surface area (Å²) >= 11 is 1.48. The number of methoxy groups -OCH3 is 1. The number of para-hydroxylation sites is 2. The van der Waals surface area contributed by atoms with Gasteiger partial charge < -0.3 is 15.4 Å². The number of halogens is 1. The van der Waals surface area contributed by atoms with Crippen LogP contribution in [0.25, 0.3) is 0 Å². The smallest absolute Gasteiger partial charge is 0.255 e. The molecule has 1 aliphatic heterocycles. The minimum atomic E-state index is -0.772. The Kier molecular flexibility index (Phi) is 5.94. The number of thioether (sulfide) groups is 1. The van der Waals surface area contributed by atoms with E-state index < -0.39 is 11.9 Å². The van der Waals surface area contributed by atoms with Gasteiger partial charge in [0.1, 0.15) is 17.6 Å². The first kappa shape index (κ1) is 20.9. The van der Waals surface area contributed by atoms with E-state index in [1.165, 1.54) is 24.9 Å². The standard InChI is InChI=1S/C22H22FN5O2S/c1-4-31-22-26-21-24-13(2)18(20(29)25-16-11-7-8-12-17(16)30-3)19(28(21)27-22)14-9-5-6-10-15(14)23/h5-12,19H,4H2,1-3H3,(H,25,29)(H,24,26,27)/t19-/m0/s1. The van der Waals surface area contributed by atoms with Gasteiger partial charge in [0.15, 0.2) is 0 Å². The van der Waals surface area contributed by atoms with Gasteiger partial charge in [-0.05, 0) is 30.9 Å². The first-order valence-electron chi connectivity index (χ1n) is 9.79. The van der Waals surface area contributed by atoms with Crippen molar-refractivity contribution in [3.8, 4) is 5.75 Å². The van der Waals surface area contributed by atoms with Gasteiger partial charge >= 0.3 is 0 Å². The van der Waals surface area contributed by atoms with Gasteiger partial charge in [0.25, 0.3) is 5.91 Å². The number of rotatable bonds is 6. The SMILES string of the molecule is CCSc1nc2n(n1)[C@@H](c1ccccc1F)C(C(=O)Nc1ccccc1OC)=C(C)N2. The van der Waals surface area contributed by atoms with E-state index in [1.807, 2.05) is 13.0 Å². The third-order valence-corrected chi connectivity index (χ3v) is 5.63. The monoisotopic (exact) mass is 439 g/mol. The topological polar surface area (TPSA) is 81.1 Å². The zero-order valence-corrected chi connectivity index (χ0v) is 18.2. The van der Waals surface area contributed by atoms with Crippen molar-refractivity contribution >= 4 is 29.3 Å². The molecule has 3 aromatic rings. The van der Waals surface area contributed by atoms with Crippen molar-refractivity contribution in [3.05, 3.63) is 71.2 Å². The average molecular weight is 440 g/mol. The van der Waals surface area contributed by atoms with Crippen LogP contribution in [0.2, 0.25) is 0 Å². The third kappa shape index (κ3) is 4.00. The van der Waals surface area contributed by atoms with Crippen LogP contribution in [0, 0.1) is 5.82 Å². The van der Waals surface area contributed by atoms with Crippen LogP contribution in [0.1, 0.15) is 25.5 Å². The van der Waals surface area contributed by atoms with Gasteiger partial charge in [-0.25, -0.2) is 9.07 Å². The molecule has 4 rings (SSSR count). The molecule has 0 radical (unpaired) electrons. The Bertz CT molecular complexity index is 1160. The molecule has 1 amide bonds. The van der Waals surface area contributed by atoms with E-state index in [2.05, 4.69) is 20.7 Å². The molecule has 7 nitrogen and oxygen atoms in total. The number of nitrogens with one attached hydrogen (secondary N) is 2. The lowest BCUT2D eigenvalue weighted by atomic mass is 9.94. The molecule has 31 heavy (non-hydrogen) atoms. The van der Waals surface area contributed by atoms with Crippen molar-refractivity contribution < 1.29 is 13.9 Å². The Hall–Kier alpha value is -3.33. The summed E-state index contributed by atoms with van der Waals surface area (Å²) in [5.41, 5.74) is 1.79. The number of anilines is 2. The second kappa shape index (κ2) is 8.81. The Morgan fingerprint density at radius 2 is 2.00 bits per heavy atom. The van der Waals surface area contributed by atoms with Gasteiger partial charge in [-0.15, -0.1) is 5.10 Å². The highest BCUT2D eigenvalue weighted by atomic mass is 32.2. The van der Waals surface area contributed by atoms with E-state index >= 15 is 0 Å². The predicted octanol–water partition coefficient (Wildman–Crippen LogP) is 4.47. The Morgan fingerprint density at radius 3 is 2.74 bits per heavy atom. The minimum Gasteiger partial charge on any atom is -0.495 e. The summed E-state index contributed by atoms with van der Waals surface area (Å²) in [5, 5.41) is 11.1. The predicted molar refractivity (Wildman–Crippen MR) is 119 cm³/mol. The maximum Gasteiger partial charge on any atom is 0.255 e. The Balaban J connectivity index is 1.80. The summed E-state index contributed by atoms with van der Waals surface area (Å²) in [6.07, 6.45) is 0. The zero-order valence-electron chi connectivity index (χ0n) is 17.3. The fourth-order valence-corrected chi connectivity index (χ4v) is 4.09. The molecule has 0 saturated heterocycles. The van der Waals surface area contributed by atoms with E-state index in [9.17, 15) is 9.18 Å². The third-order valence-electron chi connectivity index (χ3n) is 4.91. The minimum absolute atomic E-state index is 0.340. The molecule has 0 fully saturated rings. The molecule has 0 aliphatic carbocycles. The number of aromatic nitrogens is 3. The number of carbonyl (C=O) groups is 1. The molecule has 1 aromatic heterocycles. The quantitative estimate of drug-likeness (QED) is 0.552. The molecule has 2 heterocycles. The molecule has 2 N–H and O–H groups in total. The van der Waals surface area contributed by atoms with Gasteiger partial charge in [0.2, 0.25) is 11.1 Å². The lowest BCUT2D eigenvalue weighted by molar-refractivity contribution is -0.113. The van der Waals surface area contributed by atoms with Gasteiger partial charge in [-0.3, -0.25) is 4.79 Å². The molecular formula is C22H22FN5O2S. The van der Waals surface area contributed by atoms with Crippen LogP contribution in [0.4, 0.5) is 16.0 Å². The van der Waals surface area contributed by atoms with E-state index in [-0.39, 0.29) is 5.91 Å². The van der Waals surface area contributed by atoms with Crippen LogP contribution in [0.3, 0.4) is 0 Å². The number of ether oxygens (including phenoxy) is 1. The van der Waals surface area contributed by atoms with Crippen molar-refractivity contribution in [2.24, 2.45) is 0 Å². The van der Waals surface area contributed by atoms with Gasteiger partial charge in [0, 0.05) is 11.3 Å². The average Bonchev–Trinajstić information content (AvgIpc) is 3.15. The molecule has 9 heteroatoms. The second-order valence-corrected chi connectivity index (χ2v) is 8.07. The maximum atomic E-state index is 14.9. The van der Waals surface area contributed by atoms with E-state index in [1.54, 1.807) is 48.0 Å². The van der Waals surface area contributed by atoms with Crippen LogP contribution in [-0.2, 0) is 4.79 Å². The number of allylic oxidation sites excluding steroid dienone is 1. The van der Waals surface area contributed by atoms with Crippen LogP contribution in [0.5, 0.6) is 5.75 Å². The highest BCUT2D eigenvalue weighted by Gasteiger charge is 2.36. The van der Waals surface area contributed by atoms with Gasteiger partial charge in [-0.2, -0.15) is 4.98 Å². The number of nitrogens with zero attached hydrogens (tertiary/aromatic N) is 3. The fourth-order valence-electron chi connectivity index (χ4n) is 3.54. The molecule has 1 atom stereocenters. The number of fused-ring (bicyclic) bond motifs is 1. The summed E-state index contributed by atoms with van der Waals surface area (Å²) < 4.78 is 21.8. The highest BCUT2D eigenvalue weighted by Crippen LogP contribution is 2.38. The van der Waals surface area contributed by atoms with Crippen molar-refractivity contribution in [1.82, 2.24) is 14.8 Å². The summed E-state index contributed by atoms with van der Waals surface area (Å²) in [5.74, 6) is 0.991. The van der Waals surface area contributed by atoms with Gasteiger partial charge in [0.05, 0.1) is 18.4 Å². The zero-order chi connectivity index (χ0) is 22.0.